The Morgan fingerprint density at radius 2 is 1.84 bits per heavy atom. The average Bonchev–Trinajstić information content (AvgIpc) is 2.46. The predicted molar refractivity (Wildman–Crippen MR) is 82.6 cm³/mol. The Morgan fingerprint density at radius 3 is 2.47 bits per heavy atom. The molecule has 0 atom stereocenters. The fraction of sp³-hybridized carbons (Fsp3) is 0.562. The van der Waals surface area contributed by atoms with Crippen molar-refractivity contribution in [1.29, 1.82) is 0 Å². The molecule has 1 aromatic rings. The molecular weight excluding hydrogens is 302 g/mol. The van der Waals surface area contributed by atoms with E-state index in [1.807, 2.05) is 24.3 Å². The van der Waals surface area contributed by atoms with Crippen LogP contribution in [-0.4, -0.2) is 30.3 Å². The van der Waals surface area contributed by atoms with Gasteiger partial charge in [0.2, 0.25) is 0 Å². The van der Waals surface area contributed by atoms with E-state index in [-0.39, 0.29) is 5.78 Å². The summed E-state index contributed by atoms with van der Waals surface area (Å²) in [6.07, 6.45) is 7.27. The summed E-state index contributed by atoms with van der Waals surface area (Å²) < 4.78 is 1.02. The molecule has 2 nitrogen and oxygen atoms in total. The maximum atomic E-state index is 12.1. The minimum Gasteiger partial charge on any atom is -0.303 e. The molecule has 0 amide bonds. The molecule has 0 unspecified atom stereocenters. The molecule has 1 aromatic carbocycles. The lowest BCUT2D eigenvalue weighted by Gasteiger charge is -2.30. The number of carbonyl (C=O) groups excluding carboxylic acids is 1. The first kappa shape index (κ1) is 14.7. The minimum atomic E-state index is 0.246. The molecule has 0 spiro atoms. The van der Waals surface area contributed by atoms with Gasteiger partial charge in [-0.05, 0) is 32.0 Å². The van der Waals surface area contributed by atoms with E-state index in [1.54, 1.807) is 0 Å². The highest BCUT2D eigenvalue weighted by Gasteiger charge is 2.18. The van der Waals surface area contributed by atoms with E-state index in [0.29, 0.717) is 12.5 Å². The first-order valence-corrected chi connectivity index (χ1v) is 7.95. The number of ketones is 1. The third-order valence-corrected chi connectivity index (χ3v) is 4.58. The van der Waals surface area contributed by atoms with E-state index in [2.05, 4.69) is 27.9 Å². The number of benzene rings is 1. The number of halogens is 1. The van der Waals surface area contributed by atoms with E-state index < -0.39 is 0 Å². The standard InChI is InChI=1S/C16H22BrNO/c1-18(15-5-3-2-4-6-15)12-11-16(19)13-7-9-14(17)10-8-13/h7-10,15H,2-6,11-12H2,1H3. The first-order valence-electron chi connectivity index (χ1n) is 7.16. The van der Waals surface area contributed by atoms with Crippen molar-refractivity contribution in [3.05, 3.63) is 34.3 Å². The molecule has 0 bridgehead atoms. The molecular formula is C16H22BrNO. The lowest BCUT2D eigenvalue weighted by molar-refractivity contribution is 0.0952. The Kier molecular flexibility index (Phi) is 5.59. The molecule has 0 aliphatic heterocycles. The molecule has 19 heavy (non-hydrogen) atoms. The maximum Gasteiger partial charge on any atom is 0.164 e. The normalized spacial score (nSPS) is 16.8. The van der Waals surface area contributed by atoms with Gasteiger partial charge in [0.25, 0.3) is 0 Å². The zero-order chi connectivity index (χ0) is 13.7. The summed E-state index contributed by atoms with van der Waals surface area (Å²) in [5.41, 5.74) is 0.820. The number of Topliss-reactive ketones (excluding diaryl/α,β-unsaturated/α-hetero) is 1. The van der Waals surface area contributed by atoms with Crippen LogP contribution in [-0.2, 0) is 0 Å². The molecule has 3 heteroatoms. The van der Waals surface area contributed by atoms with Gasteiger partial charge in [0.15, 0.2) is 5.78 Å². The van der Waals surface area contributed by atoms with Crippen molar-refractivity contribution in [1.82, 2.24) is 4.90 Å². The van der Waals surface area contributed by atoms with Crippen molar-refractivity contribution in [2.24, 2.45) is 0 Å². The van der Waals surface area contributed by atoms with Crippen LogP contribution in [0.5, 0.6) is 0 Å². The SMILES string of the molecule is CN(CCC(=O)c1ccc(Br)cc1)C1CCCCC1. The van der Waals surface area contributed by atoms with Crippen LogP contribution in [0.25, 0.3) is 0 Å². The number of nitrogens with zero attached hydrogens (tertiary/aromatic N) is 1. The highest BCUT2D eigenvalue weighted by molar-refractivity contribution is 9.10. The smallest absolute Gasteiger partial charge is 0.164 e. The lowest BCUT2D eigenvalue weighted by atomic mass is 9.94. The predicted octanol–water partition coefficient (Wildman–Crippen LogP) is 4.29. The van der Waals surface area contributed by atoms with Crippen molar-refractivity contribution in [3.8, 4) is 0 Å². The second-order valence-electron chi connectivity index (χ2n) is 5.45. The monoisotopic (exact) mass is 323 g/mol. The molecule has 1 saturated carbocycles. The zero-order valence-electron chi connectivity index (χ0n) is 11.6. The minimum absolute atomic E-state index is 0.246. The summed E-state index contributed by atoms with van der Waals surface area (Å²) in [6.45, 7) is 0.875. The van der Waals surface area contributed by atoms with E-state index in [1.165, 1.54) is 32.1 Å². The topological polar surface area (TPSA) is 20.3 Å². The van der Waals surface area contributed by atoms with E-state index >= 15 is 0 Å². The fourth-order valence-corrected chi connectivity index (χ4v) is 3.03. The number of carbonyl (C=O) groups is 1. The van der Waals surface area contributed by atoms with Crippen LogP contribution in [0.15, 0.2) is 28.7 Å². The van der Waals surface area contributed by atoms with Crippen molar-refractivity contribution >= 4 is 21.7 Å². The maximum absolute atomic E-state index is 12.1. The van der Waals surface area contributed by atoms with Crippen molar-refractivity contribution in [3.63, 3.8) is 0 Å². The molecule has 0 saturated heterocycles. The van der Waals surface area contributed by atoms with Crippen molar-refractivity contribution < 1.29 is 4.79 Å². The summed E-state index contributed by atoms with van der Waals surface area (Å²) in [5, 5.41) is 0. The van der Waals surface area contributed by atoms with E-state index in [4.69, 9.17) is 0 Å². The van der Waals surface area contributed by atoms with Crippen molar-refractivity contribution in [2.75, 3.05) is 13.6 Å². The highest BCUT2D eigenvalue weighted by Crippen LogP contribution is 2.22. The highest BCUT2D eigenvalue weighted by atomic mass is 79.9. The molecule has 1 fully saturated rings. The molecule has 0 heterocycles. The third kappa shape index (κ3) is 4.43. The molecule has 104 valence electrons. The van der Waals surface area contributed by atoms with Crippen LogP contribution in [0, 0.1) is 0 Å². The summed E-state index contributed by atoms with van der Waals surface area (Å²) in [4.78, 5) is 14.5. The van der Waals surface area contributed by atoms with Gasteiger partial charge in [-0.25, -0.2) is 0 Å². The average molecular weight is 324 g/mol. The lowest BCUT2D eigenvalue weighted by Crippen LogP contribution is -2.34. The van der Waals surface area contributed by atoms with Crippen molar-refractivity contribution in [2.45, 2.75) is 44.6 Å². The van der Waals surface area contributed by atoms with Crippen LogP contribution in [0.3, 0.4) is 0 Å². The Morgan fingerprint density at radius 1 is 1.21 bits per heavy atom. The number of hydrogen-bond acceptors (Lipinski definition) is 2. The van der Waals surface area contributed by atoms with Crippen LogP contribution in [0.2, 0.25) is 0 Å². The Balaban J connectivity index is 1.81. The second-order valence-corrected chi connectivity index (χ2v) is 6.37. The molecule has 1 aliphatic rings. The zero-order valence-corrected chi connectivity index (χ0v) is 13.2. The summed E-state index contributed by atoms with van der Waals surface area (Å²) in [7, 11) is 2.16. The molecule has 0 radical (unpaired) electrons. The molecule has 0 aromatic heterocycles. The van der Waals surface area contributed by atoms with Crippen LogP contribution >= 0.6 is 15.9 Å². The van der Waals surface area contributed by atoms with Crippen LogP contribution in [0.1, 0.15) is 48.9 Å². The Hall–Kier alpha value is -0.670. The van der Waals surface area contributed by atoms with Crippen LogP contribution < -0.4 is 0 Å². The summed E-state index contributed by atoms with van der Waals surface area (Å²) in [5.74, 6) is 0.246. The van der Waals surface area contributed by atoms with Gasteiger partial charge in [-0.3, -0.25) is 4.79 Å². The van der Waals surface area contributed by atoms with Gasteiger partial charge in [0.1, 0.15) is 0 Å². The number of hydrogen-bond donors (Lipinski definition) is 0. The Bertz CT molecular complexity index is 409. The largest absolute Gasteiger partial charge is 0.303 e. The third-order valence-electron chi connectivity index (χ3n) is 4.06. The quantitative estimate of drug-likeness (QED) is 0.753. The summed E-state index contributed by atoms with van der Waals surface area (Å²) >= 11 is 3.39. The van der Waals surface area contributed by atoms with E-state index in [9.17, 15) is 4.79 Å². The molecule has 2 rings (SSSR count). The fourth-order valence-electron chi connectivity index (χ4n) is 2.76. The van der Waals surface area contributed by atoms with Gasteiger partial charge in [0, 0.05) is 29.0 Å². The van der Waals surface area contributed by atoms with Gasteiger partial charge in [-0.15, -0.1) is 0 Å². The van der Waals surface area contributed by atoms with Gasteiger partial charge >= 0.3 is 0 Å². The summed E-state index contributed by atoms with van der Waals surface area (Å²) in [6, 6.07) is 8.34. The molecule has 1 aliphatic carbocycles. The van der Waals surface area contributed by atoms with Crippen LogP contribution in [0.4, 0.5) is 0 Å². The van der Waals surface area contributed by atoms with Gasteiger partial charge in [-0.1, -0.05) is 47.3 Å². The van der Waals surface area contributed by atoms with Gasteiger partial charge in [0.05, 0.1) is 0 Å². The first-order chi connectivity index (χ1) is 9.16. The molecule has 0 N–H and O–H groups in total. The Labute approximate surface area is 124 Å². The van der Waals surface area contributed by atoms with Gasteiger partial charge < -0.3 is 4.90 Å². The number of rotatable bonds is 5. The van der Waals surface area contributed by atoms with E-state index in [0.717, 1.165) is 16.6 Å². The second kappa shape index (κ2) is 7.20. The van der Waals surface area contributed by atoms with Gasteiger partial charge in [-0.2, -0.15) is 0 Å².